The van der Waals surface area contributed by atoms with Gasteiger partial charge in [-0.2, -0.15) is 13.2 Å². The van der Waals surface area contributed by atoms with Crippen LogP contribution in [0, 0.1) is 0 Å². The normalized spacial score (nSPS) is 14.3. The summed E-state index contributed by atoms with van der Waals surface area (Å²) < 4.78 is 55.1. The lowest BCUT2D eigenvalue weighted by Gasteiger charge is -2.11. The first-order valence-corrected chi connectivity index (χ1v) is 7.19. The van der Waals surface area contributed by atoms with Gasteiger partial charge >= 0.3 is 12.1 Å². The first kappa shape index (κ1) is 17.0. The van der Waals surface area contributed by atoms with E-state index in [0.29, 0.717) is 5.56 Å². The Morgan fingerprint density at radius 1 is 1.29 bits per heavy atom. The van der Waals surface area contributed by atoms with Crippen molar-refractivity contribution in [3.05, 3.63) is 35.4 Å². The Morgan fingerprint density at radius 3 is 2.14 bits per heavy atom. The van der Waals surface area contributed by atoms with E-state index in [1.54, 1.807) is 24.3 Å². The predicted octanol–water partition coefficient (Wildman–Crippen LogP) is 1.24. The van der Waals surface area contributed by atoms with Crippen molar-refractivity contribution in [3.63, 3.8) is 0 Å². The number of hydrogen-bond acceptors (Lipinski definition) is 4. The molecule has 2 rings (SSSR count). The molecule has 1 aromatic rings. The van der Waals surface area contributed by atoms with E-state index in [9.17, 15) is 26.4 Å². The van der Waals surface area contributed by atoms with Gasteiger partial charge in [-0.25, -0.2) is 17.5 Å². The summed E-state index contributed by atoms with van der Waals surface area (Å²) in [5.74, 6) is -3.18. The average Bonchev–Trinajstić information content (AvgIpc) is 2.67. The molecule has 0 fully saturated rings. The molecule has 0 saturated heterocycles. The van der Waals surface area contributed by atoms with E-state index in [4.69, 9.17) is 9.90 Å². The summed E-state index contributed by atoms with van der Waals surface area (Å²) in [6, 6.07) is 6.92. The molecule has 1 heterocycles. The van der Waals surface area contributed by atoms with Gasteiger partial charge in [0, 0.05) is 5.56 Å². The molecule has 0 spiro atoms. The van der Waals surface area contributed by atoms with E-state index in [1.807, 2.05) is 0 Å². The Balaban J connectivity index is 0.000000270. The molecular weight excluding hydrogens is 315 g/mol. The average molecular weight is 325 g/mol. The fourth-order valence-corrected chi connectivity index (χ4v) is 2.27. The van der Waals surface area contributed by atoms with E-state index in [1.165, 1.54) is 0 Å². The number of fused-ring (bicyclic) bond motifs is 1. The Hall–Kier alpha value is -2.10. The highest BCUT2D eigenvalue weighted by Crippen LogP contribution is 2.24. The second-order valence-electron chi connectivity index (χ2n) is 4.03. The molecule has 6 nitrogen and oxygen atoms in total. The van der Waals surface area contributed by atoms with Gasteiger partial charge in [0.15, 0.2) is 0 Å². The molecule has 0 saturated carbocycles. The molecular formula is C11H10F3NO5S. The summed E-state index contributed by atoms with van der Waals surface area (Å²) in [4.78, 5) is 20.5. The zero-order valence-corrected chi connectivity index (χ0v) is 11.4. The van der Waals surface area contributed by atoms with Crippen LogP contribution in [0.4, 0.5) is 13.2 Å². The van der Waals surface area contributed by atoms with E-state index >= 15 is 0 Å². The maximum absolute atomic E-state index is 11.6. The van der Waals surface area contributed by atoms with Crippen LogP contribution in [-0.2, 0) is 21.4 Å². The number of carbonyl (C=O) groups is 2. The Bertz CT molecular complexity index is 669. The van der Waals surface area contributed by atoms with Crippen LogP contribution in [0.15, 0.2) is 24.3 Å². The Morgan fingerprint density at radius 2 is 1.76 bits per heavy atom. The molecule has 1 aliphatic rings. The van der Waals surface area contributed by atoms with Crippen LogP contribution >= 0.6 is 0 Å². The highest BCUT2D eigenvalue weighted by atomic mass is 32.2. The van der Waals surface area contributed by atoms with E-state index in [2.05, 4.69) is 0 Å². The minimum absolute atomic E-state index is 0.161. The molecule has 116 valence electrons. The van der Waals surface area contributed by atoms with Crippen molar-refractivity contribution >= 4 is 21.9 Å². The monoisotopic (exact) mass is 325 g/mol. The van der Waals surface area contributed by atoms with Crippen LogP contribution in [0.2, 0.25) is 0 Å². The number of carbonyl (C=O) groups excluding carboxylic acids is 1. The van der Waals surface area contributed by atoms with Crippen molar-refractivity contribution < 1.29 is 36.3 Å². The summed E-state index contributed by atoms with van der Waals surface area (Å²) in [6.45, 7) is 0.161. The van der Waals surface area contributed by atoms with Crippen molar-refractivity contribution in [3.8, 4) is 0 Å². The summed E-state index contributed by atoms with van der Waals surface area (Å²) in [6.07, 6.45) is -4.04. The van der Waals surface area contributed by atoms with Crippen LogP contribution < -0.4 is 0 Å². The maximum Gasteiger partial charge on any atom is 0.490 e. The van der Waals surface area contributed by atoms with Crippen LogP contribution in [0.3, 0.4) is 0 Å². The van der Waals surface area contributed by atoms with Gasteiger partial charge in [-0.05, 0) is 11.6 Å². The van der Waals surface area contributed by atoms with E-state index in [-0.39, 0.29) is 6.54 Å². The molecule has 0 radical (unpaired) electrons. The number of amides is 1. The van der Waals surface area contributed by atoms with Crippen molar-refractivity contribution in [1.29, 1.82) is 0 Å². The largest absolute Gasteiger partial charge is 0.490 e. The second kappa shape index (κ2) is 5.72. The number of nitrogens with zero attached hydrogens (tertiary/aromatic N) is 1. The number of aliphatic carboxylic acids is 1. The van der Waals surface area contributed by atoms with Gasteiger partial charge in [-0.3, -0.25) is 4.79 Å². The minimum Gasteiger partial charge on any atom is -0.475 e. The summed E-state index contributed by atoms with van der Waals surface area (Å²) in [5.41, 5.74) is 1.25. The lowest BCUT2D eigenvalue weighted by atomic mass is 10.1. The number of benzene rings is 1. The van der Waals surface area contributed by atoms with Gasteiger partial charge in [0.2, 0.25) is 10.0 Å². The topological polar surface area (TPSA) is 91.8 Å². The lowest BCUT2D eigenvalue weighted by Crippen LogP contribution is -2.29. The molecule has 1 amide bonds. The summed E-state index contributed by atoms with van der Waals surface area (Å²) in [5, 5.41) is 7.12. The molecule has 21 heavy (non-hydrogen) atoms. The number of sulfonamides is 1. The third-order valence-electron chi connectivity index (χ3n) is 2.43. The highest BCUT2D eigenvalue weighted by Gasteiger charge is 2.38. The first-order chi connectivity index (χ1) is 9.44. The van der Waals surface area contributed by atoms with Crippen LogP contribution in [0.5, 0.6) is 0 Å². The number of hydrogen-bond donors (Lipinski definition) is 1. The van der Waals surface area contributed by atoms with E-state index < -0.39 is 28.1 Å². The highest BCUT2D eigenvalue weighted by molar-refractivity contribution is 7.88. The van der Waals surface area contributed by atoms with Crippen molar-refractivity contribution in [2.45, 2.75) is 12.7 Å². The van der Waals surface area contributed by atoms with Crippen molar-refractivity contribution in [1.82, 2.24) is 4.31 Å². The number of carboxylic acid groups (broad SMARTS) is 1. The molecule has 1 aliphatic heterocycles. The third-order valence-corrected chi connectivity index (χ3v) is 3.53. The second-order valence-corrected chi connectivity index (χ2v) is 5.94. The molecule has 10 heteroatoms. The zero-order valence-electron chi connectivity index (χ0n) is 10.6. The fourth-order valence-electron chi connectivity index (χ4n) is 1.50. The first-order valence-electron chi connectivity index (χ1n) is 5.34. The standard InChI is InChI=1S/C9H9NO3S.C2HF3O2/c1-14(12,13)10-6-7-4-2-3-5-8(7)9(10)11;3-2(4,5)1(6)7/h2-5H,6H2,1H3;(H,6,7). The minimum atomic E-state index is -5.08. The Labute approximate surface area is 117 Å². The van der Waals surface area contributed by atoms with Gasteiger partial charge in [0.25, 0.3) is 5.91 Å². The molecule has 0 unspecified atom stereocenters. The third kappa shape index (κ3) is 4.18. The van der Waals surface area contributed by atoms with Gasteiger partial charge in [-0.15, -0.1) is 0 Å². The van der Waals surface area contributed by atoms with Crippen molar-refractivity contribution in [2.24, 2.45) is 0 Å². The van der Waals surface area contributed by atoms with Gasteiger partial charge in [0.05, 0.1) is 12.8 Å². The van der Waals surface area contributed by atoms with Gasteiger partial charge in [0.1, 0.15) is 0 Å². The quantitative estimate of drug-likeness (QED) is 0.838. The van der Waals surface area contributed by atoms with Crippen LogP contribution in [0.1, 0.15) is 15.9 Å². The van der Waals surface area contributed by atoms with Crippen molar-refractivity contribution in [2.75, 3.05) is 6.26 Å². The van der Waals surface area contributed by atoms with Crippen LogP contribution in [0.25, 0.3) is 0 Å². The number of rotatable bonds is 1. The SMILES string of the molecule is CS(=O)(=O)N1Cc2ccccc2C1=O.O=C(O)C(F)(F)F. The molecule has 0 atom stereocenters. The van der Waals surface area contributed by atoms with Gasteiger partial charge < -0.3 is 5.11 Å². The fraction of sp³-hybridized carbons (Fsp3) is 0.273. The smallest absolute Gasteiger partial charge is 0.475 e. The van der Waals surface area contributed by atoms with Gasteiger partial charge in [-0.1, -0.05) is 18.2 Å². The number of carboxylic acids is 1. The van der Waals surface area contributed by atoms with Crippen LogP contribution in [-0.4, -0.2) is 42.1 Å². The number of halogens is 3. The summed E-state index contributed by atoms with van der Waals surface area (Å²) in [7, 11) is -3.44. The summed E-state index contributed by atoms with van der Waals surface area (Å²) >= 11 is 0. The number of alkyl halides is 3. The molecule has 1 aromatic carbocycles. The van der Waals surface area contributed by atoms with E-state index in [0.717, 1.165) is 16.1 Å². The predicted molar refractivity (Wildman–Crippen MR) is 64.9 cm³/mol. The Kier molecular flexibility index (Phi) is 4.62. The maximum atomic E-state index is 11.6. The molecule has 0 aliphatic carbocycles. The zero-order chi connectivity index (χ0) is 16.4. The molecule has 0 bridgehead atoms. The lowest BCUT2D eigenvalue weighted by molar-refractivity contribution is -0.192. The molecule has 0 aromatic heterocycles. The molecule has 1 N–H and O–H groups in total.